The van der Waals surface area contributed by atoms with Crippen LogP contribution in [0, 0.1) is 22.6 Å². The van der Waals surface area contributed by atoms with Gasteiger partial charge in [-0.15, -0.1) is 0 Å². The highest BCUT2D eigenvalue weighted by Crippen LogP contribution is 2.65. The van der Waals surface area contributed by atoms with E-state index in [4.69, 9.17) is 39.7 Å². The molecule has 0 spiro atoms. The Balaban J connectivity index is 1.39. The van der Waals surface area contributed by atoms with E-state index < -0.39 is 124 Å². The SMILES string of the molecule is [3H]O[C@@H](C(=O)O[C@H]1C[C@@]2(O)[C@@H](OC(=O)c3ccccc3)[C@H]3[C@@](C)(C=C[C@H]4OC[C@]43OC(C)=O)[C@@H]3O[C@H](C=C)O[C@@H]3C(=C1C)C2(C)C)[C@@H](NC(=O)OC(C)(C)C)c1ncccc1F. The van der Waals surface area contributed by atoms with E-state index in [1.165, 1.54) is 25.3 Å². The molecule has 2 bridgehead atoms. The van der Waals surface area contributed by atoms with Crippen molar-refractivity contribution < 1.29 is 66.9 Å². The minimum atomic E-state index is -2.18. The number of carbonyl (C=O) groups is 4. The summed E-state index contributed by atoms with van der Waals surface area (Å²) in [5, 5.41) is 21.1. The zero-order valence-electron chi connectivity index (χ0n) is 36.3. The molecule has 1 amide bonds. The number of hydrogen-bond acceptors (Lipinski definition) is 14. The van der Waals surface area contributed by atoms with Crippen LogP contribution < -0.4 is 5.32 Å². The maximum Gasteiger partial charge on any atom is 0.408 e. The molecular weight excluding hydrogens is 795 g/mol. The van der Waals surface area contributed by atoms with Gasteiger partial charge >= 0.3 is 24.0 Å². The lowest BCUT2D eigenvalue weighted by Crippen LogP contribution is -2.78. The van der Waals surface area contributed by atoms with Crippen molar-refractivity contribution >= 4 is 24.0 Å². The molecular formula is C45H53FN2O13. The van der Waals surface area contributed by atoms with E-state index in [2.05, 4.69) is 16.9 Å². The molecule has 7 rings (SSSR count). The highest BCUT2D eigenvalue weighted by Gasteiger charge is 2.76. The van der Waals surface area contributed by atoms with Crippen LogP contribution in [-0.2, 0) is 42.7 Å². The predicted molar refractivity (Wildman–Crippen MR) is 213 cm³/mol. The number of halogens is 1. The predicted octanol–water partition coefficient (Wildman–Crippen LogP) is 4.97. The lowest BCUT2D eigenvalue weighted by Gasteiger charge is -2.66. The zero-order chi connectivity index (χ0) is 45.2. The molecule has 15 nitrogen and oxygen atoms in total. The molecule has 1 aromatic carbocycles. The minimum Gasteiger partial charge on any atom is -0.456 e. The van der Waals surface area contributed by atoms with Crippen molar-refractivity contribution in [2.75, 3.05) is 6.61 Å². The van der Waals surface area contributed by atoms with Gasteiger partial charge in [-0.2, -0.15) is 0 Å². The number of carbonyl (C=O) groups excluding carboxylic acids is 4. The van der Waals surface area contributed by atoms with Crippen molar-refractivity contribution in [3.63, 3.8) is 0 Å². The van der Waals surface area contributed by atoms with Crippen LogP contribution in [0.5, 0.6) is 0 Å². The van der Waals surface area contributed by atoms with Gasteiger partial charge in [0.05, 0.1) is 18.1 Å². The third-order valence-corrected chi connectivity index (χ3v) is 12.8. The Hall–Kier alpha value is -5.00. The summed E-state index contributed by atoms with van der Waals surface area (Å²) >= 11 is 0. The maximum absolute atomic E-state index is 15.4. The highest BCUT2D eigenvalue weighted by molar-refractivity contribution is 5.89. The highest BCUT2D eigenvalue weighted by atomic mass is 19.1. The van der Waals surface area contributed by atoms with Gasteiger partial charge in [0.2, 0.25) is 1.43 Å². The molecule has 0 unspecified atom stereocenters. The fourth-order valence-corrected chi connectivity index (χ4v) is 9.96. The van der Waals surface area contributed by atoms with Gasteiger partial charge < -0.3 is 48.7 Å². The zero-order valence-corrected chi connectivity index (χ0v) is 35.3. The first-order valence-electron chi connectivity index (χ1n) is 20.6. The average Bonchev–Trinajstić information content (AvgIpc) is 3.62. The second-order valence-corrected chi connectivity index (χ2v) is 18.1. The standard InChI is InChI=1S/C45H53FN2O13/c1-10-29-57-34-30-23(2)27(56-39(52)33(50)32(31-26(46)17-14-20-47-31)48-40(53)61-41(4,5)6)21-45(54,42(30,7)8)37(59-38(51)25-15-12-11-13-16-25)35-43(9,36(34)58-29)19-18-28-44(35,22-55-28)60-24(3)49/h10-20,27-29,32-37,50,54H,1,21-22H2,2-9H3,(H,48,53)/t27-,28+,29+,32-,33+,34+,35-,36+,37-,43+,44-,45+/m0/s1/i50T. The molecule has 1 aromatic heterocycles. The summed E-state index contributed by atoms with van der Waals surface area (Å²) in [6.07, 6.45) is -3.78. The van der Waals surface area contributed by atoms with Crippen LogP contribution in [0.1, 0.15) is 83.9 Å². The molecule has 2 saturated heterocycles. The van der Waals surface area contributed by atoms with Gasteiger partial charge in [0.1, 0.15) is 59.3 Å². The Morgan fingerprint density at radius 2 is 1.82 bits per heavy atom. The van der Waals surface area contributed by atoms with Gasteiger partial charge in [-0.05, 0) is 69.2 Å². The van der Waals surface area contributed by atoms with E-state index in [0.29, 0.717) is 11.1 Å². The number of alkyl carbamates (subject to hydrolysis) is 1. The average molecular weight is 851 g/mol. The van der Waals surface area contributed by atoms with Crippen LogP contribution >= 0.6 is 0 Å². The first-order chi connectivity index (χ1) is 29.1. The largest absolute Gasteiger partial charge is 0.456 e. The molecule has 16 heteroatoms. The Bertz CT molecular complexity index is 2180. The lowest BCUT2D eigenvalue weighted by molar-refractivity contribution is -0.316. The van der Waals surface area contributed by atoms with E-state index in [-0.39, 0.29) is 12.2 Å². The quantitative estimate of drug-likeness (QED) is 0.165. The van der Waals surface area contributed by atoms with E-state index in [1.54, 1.807) is 78.0 Å². The first-order valence-corrected chi connectivity index (χ1v) is 20.2. The number of esters is 3. The van der Waals surface area contributed by atoms with Crippen molar-refractivity contribution in [1.82, 2.24) is 10.3 Å². The lowest BCUT2D eigenvalue weighted by atomic mass is 9.46. The molecule has 0 radical (unpaired) electrons. The van der Waals surface area contributed by atoms with Crippen molar-refractivity contribution in [1.29, 1.82) is 1.43 Å². The number of ether oxygens (including phenoxy) is 7. The molecule has 1 saturated carbocycles. The Kier molecular flexibility index (Phi) is 11.0. The summed E-state index contributed by atoms with van der Waals surface area (Å²) in [6.45, 7) is 16.9. The summed E-state index contributed by atoms with van der Waals surface area (Å²) in [5.41, 5.74) is -6.68. The second-order valence-electron chi connectivity index (χ2n) is 18.1. The van der Waals surface area contributed by atoms with Crippen LogP contribution in [0.15, 0.2) is 84.6 Å². The summed E-state index contributed by atoms with van der Waals surface area (Å²) < 4.78 is 67.0. The summed E-state index contributed by atoms with van der Waals surface area (Å²) in [4.78, 5) is 59.1. The molecule has 12 atom stereocenters. The second kappa shape index (κ2) is 15.7. The van der Waals surface area contributed by atoms with Crippen molar-refractivity contribution in [2.45, 2.75) is 128 Å². The monoisotopic (exact) mass is 850 g/mol. The molecule has 61 heavy (non-hydrogen) atoms. The topological polar surface area (TPSA) is 198 Å². The molecule has 2 aliphatic heterocycles. The number of hydrogen-bond donors (Lipinski definition) is 3. The molecule has 328 valence electrons. The molecule has 3 N–H and O–H groups in total. The number of fused-ring (bicyclic) bond motifs is 8. The molecule has 5 aliphatic rings. The van der Waals surface area contributed by atoms with Crippen molar-refractivity contribution in [2.24, 2.45) is 16.7 Å². The van der Waals surface area contributed by atoms with Gasteiger partial charge in [-0.25, -0.2) is 18.8 Å². The van der Waals surface area contributed by atoms with Gasteiger partial charge in [0.25, 0.3) is 0 Å². The maximum atomic E-state index is 15.4. The van der Waals surface area contributed by atoms with Gasteiger partial charge in [-0.3, -0.25) is 9.78 Å². The van der Waals surface area contributed by atoms with E-state index in [1.807, 2.05) is 13.0 Å². The Morgan fingerprint density at radius 1 is 1.10 bits per heavy atom. The number of pyridine rings is 1. The number of aliphatic hydroxyl groups is 2. The molecule has 3 aliphatic carbocycles. The normalized spacial score (nSPS) is 34.6. The minimum absolute atomic E-state index is 0.125. The van der Waals surface area contributed by atoms with E-state index in [9.17, 15) is 24.3 Å². The smallest absolute Gasteiger partial charge is 0.408 e. The summed E-state index contributed by atoms with van der Waals surface area (Å²) in [5.74, 6) is -4.70. The Morgan fingerprint density at radius 3 is 2.43 bits per heavy atom. The fourth-order valence-electron chi connectivity index (χ4n) is 9.96. The number of nitrogens with zero attached hydrogens (tertiary/aromatic N) is 1. The molecule has 3 heterocycles. The summed E-state index contributed by atoms with van der Waals surface area (Å²) in [7, 11) is 0. The number of nitrogens with one attached hydrogen (secondary N) is 1. The Labute approximate surface area is 354 Å². The number of rotatable bonds is 10. The number of aromatic nitrogens is 1. The van der Waals surface area contributed by atoms with Gasteiger partial charge in [0.15, 0.2) is 18.0 Å². The van der Waals surface area contributed by atoms with Crippen LogP contribution in [-0.4, -0.2) is 107 Å². The van der Waals surface area contributed by atoms with E-state index in [0.717, 1.165) is 6.07 Å². The van der Waals surface area contributed by atoms with Gasteiger partial charge in [0, 0.05) is 30.4 Å². The molecule has 2 aromatic rings. The third kappa shape index (κ3) is 7.45. The van der Waals surface area contributed by atoms with E-state index >= 15 is 4.39 Å². The van der Waals surface area contributed by atoms with Crippen LogP contribution in [0.2, 0.25) is 0 Å². The summed E-state index contributed by atoms with van der Waals surface area (Å²) in [6, 6.07) is 8.79. The number of amides is 1. The van der Waals surface area contributed by atoms with Crippen molar-refractivity contribution in [3.05, 3.63) is 102 Å². The number of benzene rings is 1. The fraction of sp³-hybridized carbons (Fsp3) is 0.533. The number of aliphatic hydroxyl groups excluding tert-OH is 1. The van der Waals surface area contributed by atoms with Crippen molar-refractivity contribution in [3.8, 4) is 0 Å². The van der Waals surface area contributed by atoms with Crippen LogP contribution in [0.4, 0.5) is 9.18 Å². The first kappa shape index (κ1) is 42.7. The van der Waals surface area contributed by atoms with Crippen LogP contribution in [0.3, 0.4) is 0 Å². The third-order valence-electron chi connectivity index (χ3n) is 12.8. The molecule has 3 fully saturated rings. The van der Waals surface area contributed by atoms with Gasteiger partial charge in [-0.1, -0.05) is 57.7 Å². The van der Waals surface area contributed by atoms with Crippen LogP contribution in [0.25, 0.3) is 0 Å².